The van der Waals surface area contributed by atoms with Gasteiger partial charge in [0.2, 0.25) is 5.91 Å². The summed E-state index contributed by atoms with van der Waals surface area (Å²) < 4.78 is 5.75. The van der Waals surface area contributed by atoms with Gasteiger partial charge in [0.25, 0.3) is 0 Å². The molecule has 4 nitrogen and oxygen atoms in total. The predicted molar refractivity (Wildman–Crippen MR) is 100 cm³/mol. The van der Waals surface area contributed by atoms with Crippen LogP contribution in [0, 0.1) is 20.8 Å². The van der Waals surface area contributed by atoms with E-state index in [0.717, 1.165) is 16.3 Å². The Bertz CT molecular complexity index is 688. The first-order chi connectivity index (χ1) is 11.4. The molecule has 1 aromatic carbocycles. The first-order valence-corrected chi connectivity index (χ1v) is 9.15. The predicted octanol–water partition coefficient (Wildman–Crippen LogP) is 4.99. The molecule has 0 saturated heterocycles. The number of hydrogen-bond acceptors (Lipinski definition) is 4. The maximum absolute atomic E-state index is 11.9. The van der Waals surface area contributed by atoms with Crippen LogP contribution < -0.4 is 10.1 Å². The monoisotopic (exact) mass is 346 g/mol. The second-order valence-electron chi connectivity index (χ2n) is 6.33. The number of aryl methyl sites for hydroxylation is 3. The van der Waals surface area contributed by atoms with Gasteiger partial charge in [0.1, 0.15) is 5.75 Å². The molecule has 2 rings (SSSR count). The number of aromatic nitrogens is 1. The molecule has 0 aliphatic heterocycles. The molecule has 1 aromatic heterocycles. The van der Waals surface area contributed by atoms with Gasteiger partial charge in [0.15, 0.2) is 5.13 Å². The molecule has 0 aliphatic carbocycles. The third-order valence-corrected chi connectivity index (χ3v) is 4.94. The summed E-state index contributed by atoms with van der Waals surface area (Å²) in [5, 5.41) is 3.52. The van der Waals surface area contributed by atoms with E-state index in [1.165, 1.54) is 22.5 Å². The number of nitrogens with one attached hydrogen (secondary N) is 1. The molecule has 130 valence electrons. The molecule has 0 saturated carbocycles. The quantitative estimate of drug-likeness (QED) is 0.719. The smallest absolute Gasteiger partial charge is 0.226 e. The van der Waals surface area contributed by atoms with Crippen molar-refractivity contribution in [2.24, 2.45) is 0 Å². The topological polar surface area (TPSA) is 51.2 Å². The highest BCUT2D eigenvalue weighted by Crippen LogP contribution is 2.24. The third-order valence-electron chi connectivity index (χ3n) is 3.96. The fourth-order valence-electron chi connectivity index (χ4n) is 2.52. The van der Waals surface area contributed by atoms with E-state index < -0.39 is 0 Å². The lowest BCUT2D eigenvalue weighted by atomic mass is 9.98. The molecule has 5 heteroatoms. The normalized spacial score (nSPS) is 10.9. The summed E-state index contributed by atoms with van der Waals surface area (Å²) in [7, 11) is 0. The minimum absolute atomic E-state index is 0.0151. The maximum Gasteiger partial charge on any atom is 0.226 e. The molecular weight excluding hydrogens is 320 g/mol. The van der Waals surface area contributed by atoms with Crippen molar-refractivity contribution in [3.8, 4) is 5.75 Å². The summed E-state index contributed by atoms with van der Waals surface area (Å²) in [6.07, 6.45) is 1.11. The number of benzene rings is 1. The van der Waals surface area contributed by atoms with E-state index in [9.17, 15) is 4.79 Å². The Kier molecular flexibility index (Phi) is 6.37. The summed E-state index contributed by atoms with van der Waals surface area (Å²) >= 11 is 1.51. The van der Waals surface area contributed by atoms with Crippen LogP contribution in [0.1, 0.15) is 54.3 Å². The molecule has 0 unspecified atom stereocenters. The molecule has 0 radical (unpaired) electrons. The Labute approximate surface area is 148 Å². The van der Waals surface area contributed by atoms with Gasteiger partial charge in [0, 0.05) is 11.3 Å². The average Bonchev–Trinajstić information content (AvgIpc) is 2.81. The van der Waals surface area contributed by atoms with Gasteiger partial charge >= 0.3 is 0 Å². The van der Waals surface area contributed by atoms with Gasteiger partial charge in [-0.05, 0) is 56.4 Å². The van der Waals surface area contributed by atoms with Crippen molar-refractivity contribution < 1.29 is 9.53 Å². The van der Waals surface area contributed by atoms with Crippen LogP contribution in [0.25, 0.3) is 0 Å². The van der Waals surface area contributed by atoms with E-state index in [1.807, 2.05) is 19.9 Å². The number of anilines is 1. The van der Waals surface area contributed by atoms with E-state index >= 15 is 0 Å². The Balaban J connectivity index is 1.74. The van der Waals surface area contributed by atoms with E-state index in [0.29, 0.717) is 30.5 Å². The van der Waals surface area contributed by atoms with Crippen molar-refractivity contribution in [1.29, 1.82) is 0 Å². The highest BCUT2D eigenvalue weighted by molar-refractivity contribution is 7.15. The highest BCUT2D eigenvalue weighted by atomic mass is 32.1. The van der Waals surface area contributed by atoms with Gasteiger partial charge in [-0.1, -0.05) is 19.9 Å². The van der Waals surface area contributed by atoms with E-state index in [4.69, 9.17) is 4.74 Å². The molecule has 1 N–H and O–H groups in total. The second kappa shape index (κ2) is 8.29. The van der Waals surface area contributed by atoms with Crippen molar-refractivity contribution in [1.82, 2.24) is 4.98 Å². The number of rotatable bonds is 7. The zero-order valence-corrected chi connectivity index (χ0v) is 15.9. The van der Waals surface area contributed by atoms with E-state index in [2.05, 4.69) is 43.2 Å². The van der Waals surface area contributed by atoms with Gasteiger partial charge in [-0.2, -0.15) is 0 Å². The van der Waals surface area contributed by atoms with Gasteiger partial charge in [-0.25, -0.2) is 4.98 Å². The molecular formula is C19H26N2O2S. The zero-order valence-electron chi connectivity index (χ0n) is 15.1. The third kappa shape index (κ3) is 5.06. The fraction of sp³-hybridized carbons (Fsp3) is 0.474. The summed E-state index contributed by atoms with van der Waals surface area (Å²) in [4.78, 5) is 17.4. The zero-order chi connectivity index (χ0) is 17.7. The van der Waals surface area contributed by atoms with Crippen LogP contribution in [0.3, 0.4) is 0 Å². The number of nitrogens with zero attached hydrogens (tertiary/aromatic N) is 1. The molecule has 0 aliphatic rings. The van der Waals surface area contributed by atoms with Crippen LogP contribution in [-0.2, 0) is 4.79 Å². The molecule has 0 atom stereocenters. The fourth-order valence-corrected chi connectivity index (χ4v) is 3.35. The first kappa shape index (κ1) is 18.5. The SMILES string of the molecule is Cc1cc(OCCCC(=O)Nc2nc(C)c(C)s2)ccc1C(C)C. The summed E-state index contributed by atoms with van der Waals surface area (Å²) in [6.45, 7) is 11.0. The minimum Gasteiger partial charge on any atom is -0.494 e. The summed E-state index contributed by atoms with van der Waals surface area (Å²) in [6, 6.07) is 6.19. The van der Waals surface area contributed by atoms with Crippen molar-refractivity contribution >= 4 is 22.4 Å². The summed E-state index contributed by atoms with van der Waals surface area (Å²) in [5.74, 6) is 1.36. The molecule has 1 amide bonds. The largest absolute Gasteiger partial charge is 0.494 e. The molecule has 0 fully saturated rings. The Morgan fingerprint density at radius 2 is 2.04 bits per heavy atom. The van der Waals surface area contributed by atoms with Crippen LogP contribution >= 0.6 is 11.3 Å². The van der Waals surface area contributed by atoms with Gasteiger partial charge in [-0.15, -0.1) is 11.3 Å². The van der Waals surface area contributed by atoms with Crippen LogP contribution in [0.4, 0.5) is 5.13 Å². The standard InChI is InChI=1S/C19H26N2O2S/c1-12(2)17-9-8-16(11-13(17)3)23-10-6-7-18(22)21-19-20-14(4)15(5)24-19/h8-9,11-12H,6-7,10H2,1-5H3,(H,20,21,22). The number of hydrogen-bond donors (Lipinski definition) is 1. The first-order valence-electron chi connectivity index (χ1n) is 8.34. The van der Waals surface area contributed by atoms with E-state index in [-0.39, 0.29) is 5.91 Å². The van der Waals surface area contributed by atoms with E-state index in [1.54, 1.807) is 0 Å². The van der Waals surface area contributed by atoms with Crippen molar-refractivity contribution in [2.75, 3.05) is 11.9 Å². The lowest BCUT2D eigenvalue weighted by Gasteiger charge is -2.12. The molecule has 2 aromatic rings. The lowest BCUT2D eigenvalue weighted by Crippen LogP contribution is -2.12. The van der Waals surface area contributed by atoms with Gasteiger partial charge in [0.05, 0.1) is 12.3 Å². The van der Waals surface area contributed by atoms with Crippen molar-refractivity contribution in [3.63, 3.8) is 0 Å². The molecule has 1 heterocycles. The van der Waals surface area contributed by atoms with Crippen LogP contribution in [0.2, 0.25) is 0 Å². The summed E-state index contributed by atoms with van der Waals surface area (Å²) in [5.41, 5.74) is 3.56. The lowest BCUT2D eigenvalue weighted by molar-refractivity contribution is -0.116. The Morgan fingerprint density at radius 3 is 2.62 bits per heavy atom. The van der Waals surface area contributed by atoms with Gasteiger partial charge in [-0.3, -0.25) is 4.79 Å². The second-order valence-corrected chi connectivity index (χ2v) is 7.54. The number of carbonyl (C=O) groups is 1. The maximum atomic E-state index is 11.9. The van der Waals surface area contributed by atoms with Crippen molar-refractivity contribution in [2.45, 2.75) is 53.4 Å². The number of thiazole rings is 1. The molecule has 0 spiro atoms. The average molecular weight is 346 g/mol. The van der Waals surface area contributed by atoms with Crippen LogP contribution in [0.15, 0.2) is 18.2 Å². The van der Waals surface area contributed by atoms with Gasteiger partial charge < -0.3 is 10.1 Å². The Hall–Kier alpha value is -1.88. The molecule has 0 bridgehead atoms. The number of ether oxygens (including phenoxy) is 1. The van der Waals surface area contributed by atoms with Crippen LogP contribution in [0.5, 0.6) is 5.75 Å². The van der Waals surface area contributed by atoms with Crippen LogP contribution in [-0.4, -0.2) is 17.5 Å². The minimum atomic E-state index is -0.0151. The molecule has 24 heavy (non-hydrogen) atoms. The Morgan fingerprint density at radius 1 is 1.29 bits per heavy atom. The van der Waals surface area contributed by atoms with Crippen molar-refractivity contribution in [3.05, 3.63) is 39.9 Å². The highest BCUT2D eigenvalue weighted by Gasteiger charge is 2.08. The number of amides is 1. The number of carbonyl (C=O) groups excluding carboxylic acids is 1.